The van der Waals surface area contributed by atoms with Crippen LogP contribution in [0.25, 0.3) is 0 Å². The van der Waals surface area contributed by atoms with Crippen LogP contribution < -0.4 is 0 Å². The van der Waals surface area contributed by atoms with Crippen LogP contribution in [0.5, 0.6) is 0 Å². The van der Waals surface area contributed by atoms with Crippen molar-refractivity contribution in [2.45, 2.75) is 57.9 Å². The molecule has 0 amide bonds. The smallest absolute Gasteiger partial charge is 0.416 e. The van der Waals surface area contributed by atoms with E-state index in [1.807, 2.05) is 39.3 Å². The number of rotatable bonds is 15. The fourth-order valence-corrected chi connectivity index (χ4v) is 18.9. The third-order valence-electron chi connectivity index (χ3n) is 3.98. The molecular formula is C15H38O8Si4. The van der Waals surface area contributed by atoms with Crippen LogP contribution in [0, 0.1) is 0 Å². The number of hydrogen-bond donors (Lipinski definition) is 0. The lowest BCUT2D eigenvalue weighted by Crippen LogP contribution is -2.59. The molecule has 0 spiro atoms. The lowest BCUT2D eigenvalue weighted by atomic mass is 10.5. The van der Waals surface area contributed by atoms with Gasteiger partial charge in [0.05, 0.1) is 13.2 Å². The molecule has 0 aromatic rings. The van der Waals surface area contributed by atoms with Crippen LogP contribution in [-0.2, 0) is 35.1 Å². The Morgan fingerprint density at radius 3 is 1.78 bits per heavy atom. The second-order valence-corrected chi connectivity index (χ2v) is 21.9. The van der Waals surface area contributed by atoms with E-state index in [2.05, 4.69) is 0 Å². The first-order chi connectivity index (χ1) is 12.4. The van der Waals surface area contributed by atoms with Crippen LogP contribution in [-0.4, -0.2) is 81.7 Å². The molecule has 1 rings (SSSR count). The van der Waals surface area contributed by atoms with E-state index in [1.54, 1.807) is 21.3 Å². The molecule has 1 atom stereocenters. The Hall–Kier alpha value is 0.548. The average molecular weight is 459 g/mol. The molecule has 8 nitrogen and oxygen atoms in total. The molecule has 162 valence electrons. The van der Waals surface area contributed by atoms with Crippen LogP contribution in [0.2, 0.25) is 45.3 Å². The van der Waals surface area contributed by atoms with E-state index in [1.165, 1.54) is 0 Å². The lowest BCUT2D eigenvalue weighted by molar-refractivity contribution is 0.106. The summed E-state index contributed by atoms with van der Waals surface area (Å²) in [5, 5.41) is 0. The summed E-state index contributed by atoms with van der Waals surface area (Å²) < 4.78 is 46.7. The number of hydrogen-bond acceptors (Lipinski definition) is 8. The number of ether oxygens (including phenoxy) is 2. The molecule has 0 saturated carbocycles. The van der Waals surface area contributed by atoms with Crippen molar-refractivity contribution < 1.29 is 35.1 Å². The fourth-order valence-electron chi connectivity index (χ4n) is 2.83. The summed E-state index contributed by atoms with van der Waals surface area (Å²) in [6, 6.07) is 0.673. The molecule has 0 aliphatic carbocycles. The van der Waals surface area contributed by atoms with Gasteiger partial charge in [0.1, 0.15) is 6.10 Å². The highest BCUT2D eigenvalue weighted by molar-refractivity contribution is 6.87. The maximum atomic E-state index is 6.41. The molecule has 0 radical (unpaired) electrons. The van der Waals surface area contributed by atoms with Gasteiger partial charge in [0.2, 0.25) is 0 Å². The van der Waals surface area contributed by atoms with E-state index in [4.69, 9.17) is 35.1 Å². The quantitative estimate of drug-likeness (QED) is 0.211. The topological polar surface area (TPSA) is 77.1 Å². The Morgan fingerprint density at radius 2 is 1.30 bits per heavy atom. The van der Waals surface area contributed by atoms with Gasteiger partial charge in [-0.1, -0.05) is 0 Å². The van der Waals surface area contributed by atoms with Gasteiger partial charge in [0.25, 0.3) is 0 Å². The molecule has 1 unspecified atom stereocenters. The molecular weight excluding hydrogens is 421 g/mol. The highest BCUT2D eigenvalue weighted by Crippen LogP contribution is 2.27. The van der Waals surface area contributed by atoms with E-state index in [0.29, 0.717) is 19.3 Å². The monoisotopic (exact) mass is 458 g/mol. The van der Waals surface area contributed by atoms with Gasteiger partial charge in [-0.25, -0.2) is 0 Å². The summed E-state index contributed by atoms with van der Waals surface area (Å²) in [6.07, 6.45) is 1.08. The summed E-state index contributed by atoms with van der Waals surface area (Å²) in [7, 11) is -5.05. The van der Waals surface area contributed by atoms with E-state index in [9.17, 15) is 0 Å². The minimum atomic E-state index is -2.83. The summed E-state index contributed by atoms with van der Waals surface area (Å²) in [5.41, 5.74) is 0. The van der Waals surface area contributed by atoms with Crippen LogP contribution in [0.3, 0.4) is 0 Å². The predicted octanol–water partition coefficient (Wildman–Crippen LogP) is 2.83. The van der Waals surface area contributed by atoms with Crippen molar-refractivity contribution in [3.05, 3.63) is 0 Å². The Labute approximate surface area is 168 Å². The van der Waals surface area contributed by atoms with E-state index in [-0.39, 0.29) is 6.10 Å². The minimum absolute atomic E-state index is 0.278. The van der Waals surface area contributed by atoms with Crippen LogP contribution in [0.4, 0.5) is 0 Å². The van der Waals surface area contributed by atoms with Crippen molar-refractivity contribution in [3.8, 4) is 0 Å². The predicted molar refractivity (Wildman–Crippen MR) is 112 cm³/mol. The fraction of sp³-hybridized carbons (Fsp3) is 1.00. The molecule has 0 N–H and O–H groups in total. The van der Waals surface area contributed by atoms with Gasteiger partial charge in [-0.15, -0.1) is 0 Å². The van der Waals surface area contributed by atoms with Crippen molar-refractivity contribution in [1.29, 1.82) is 0 Å². The van der Waals surface area contributed by atoms with Crippen molar-refractivity contribution in [2.75, 3.05) is 41.2 Å². The molecule has 1 aliphatic rings. The average Bonchev–Trinajstić information content (AvgIpc) is 3.35. The Balaban J connectivity index is 2.59. The number of epoxide rings is 1. The van der Waals surface area contributed by atoms with Gasteiger partial charge in [-0.2, -0.15) is 0 Å². The molecule has 1 heterocycles. The molecule has 0 aromatic heterocycles. The highest BCUT2D eigenvalue weighted by atomic mass is 28.5. The van der Waals surface area contributed by atoms with Gasteiger partial charge in [0, 0.05) is 34.0 Å². The zero-order valence-electron chi connectivity index (χ0n) is 18.4. The van der Waals surface area contributed by atoms with Crippen molar-refractivity contribution >= 4 is 34.5 Å². The van der Waals surface area contributed by atoms with Crippen LogP contribution in [0.1, 0.15) is 6.42 Å². The largest absolute Gasteiger partial charge is 0.491 e. The summed E-state index contributed by atoms with van der Waals surface area (Å²) in [4.78, 5) is 0. The summed E-state index contributed by atoms with van der Waals surface area (Å²) in [5.74, 6) is 0. The third kappa shape index (κ3) is 10.2. The normalized spacial score (nSPS) is 18.8. The van der Waals surface area contributed by atoms with Crippen LogP contribution >= 0.6 is 0 Å². The van der Waals surface area contributed by atoms with Gasteiger partial charge in [0.15, 0.2) is 0 Å². The maximum Gasteiger partial charge on any atom is 0.491 e. The van der Waals surface area contributed by atoms with Gasteiger partial charge in [-0.3, -0.25) is 0 Å². The van der Waals surface area contributed by atoms with Gasteiger partial charge in [-0.05, 0) is 45.7 Å². The van der Waals surface area contributed by atoms with Crippen molar-refractivity contribution in [3.63, 3.8) is 0 Å². The Morgan fingerprint density at radius 1 is 0.778 bits per heavy atom. The SMILES string of the molecule is CO[Si](C)(C)O[Si](C)(C)O[Si](C)(C)O[Si](CCCOCC1CO1)(OC)OC. The molecule has 1 saturated heterocycles. The first kappa shape index (κ1) is 25.6. The maximum absolute atomic E-state index is 6.41. The summed E-state index contributed by atoms with van der Waals surface area (Å²) >= 11 is 0. The first-order valence-electron chi connectivity index (χ1n) is 9.33. The first-order valence-corrected chi connectivity index (χ1v) is 19.7. The molecule has 0 bridgehead atoms. The molecule has 1 fully saturated rings. The van der Waals surface area contributed by atoms with Crippen LogP contribution in [0.15, 0.2) is 0 Å². The van der Waals surface area contributed by atoms with E-state index in [0.717, 1.165) is 13.0 Å². The van der Waals surface area contributed by atoms with Gasteiger partial charge >= 0.3 is 34.5 Å². The third-order valence-corrected chi connectivity index (χ3v) is 18.2. The lowest BCUT2D eigenvalue weighted by Gasteiger charge is -2.40. The zero-order valence-corrected chi connectivity index (χ0v) is 22.4. The molecule has 27 heavy (non-hydrogen) atoms. The minimum Gasteiger partial charge on any atom is -0.416 e. The highest BCUT2D eigenvalue weighted by Gasteiger charge is 2.49. The zero-order chi connectivity index (χ0) is 20.8. The molecule has 1 aliphatic heterocycles. The summed E-state index contributed by atoms with van der Waals surface area (Å²) in [6.45, 7) is 14.2. The Bertz CT molecular complexity index is 442. The van der Waals surface area contributed by atoms with Gasteiger partial charge < -0.3 is 35.1 Å². The standard InChI is InChI=1S/C15H38O8Si4/c1-16-24(4,5)21-25(6,7)22-26(8,9)23-27(17-2,18-3)12-10-11-19-13-15-14-20-15/h15H,10-14H2,1-9H3. The Kier molecular flexibility index (Phi) is 9.99. The molecule has 0 aromatic carbocycles. The van der Waals surface area contributed by atoms with E-state index < -0.39 is 34.5 Å². The van der Waals surface area contributed by atoms with Crippen molar-refractivity contribution in [2.24, 2.45) is 0 Å². The molecule has 12 heteroatoms. The van der Waals surface area contributed by atoms with Crippen molar-refractivity contribution in [1.82, 2.24) is 0 Å². The second-order valence-electron chi connectivity index (χ2n) is 7.93. The van der Waals surface area contributed by atoms with E-state index >= 15 is 0 Å². The second kappa shape index (κ2) is 10.5.